The number of rotatable bonds is 3. The van der Waals surface area contributed by atoms with E-state index in [4.69, 9.17) is 0 Å². The van der Waals surface area contributed by atoms with Crippen molar-refractivity contribution in [2.24, 2.45) is 7.05 Å². The minimum absolute atomic E-state index is 0.0925. The number of hydrogen-bond donors (Lipinski definition) is 0. The van der Waals surface area contributed by atoms with Crippen molar-refractivity contribution in [3.8, 4) is 0 Å². The Kier molecular flexibility index (Phi) is 4.07. The number of hydrogen-bond acceptors (Lipinski definition) is 3. The molecule has 0 atom stereocenters. The van der Waals surface area contributed by atoms with Gasteiger partial charge in [0.1, 0.15) is 5.69 Å². The number of aromatic nitrogens is 3. The van der Waals surface area contributed by atoms with Gasteiger partial charge < -0.3 is 4.90 Å². The minimum Gasteiger partial charge on any atom is -0.334 e. The van der Waals surface area contributed by atoms with Gasteiger partial charge in [0.05, 0.1) is 17.9 Å². The molecule has 6 heteroatoms. The zero-order valence-electron chi connectivity index (χ0n) is 13.9. The molecule has 1 aliphatic rings. The molecular formula is C17H22N4O2. The summed E-state index contributed by atoms with van der Waals surface area (Å²) in [5.74, 6) is -0.122. The first-order valence-corrected chi connectivity index (χ1v) is 7.95. The SMILES string of the molecule is Cc1cccc(CN(C)C(=O)c2c3n(c(=O)n2C)CCCC3)n1. The Morgan fingerprint density at radius 3 is 2.87 bits per heavy atom. The van der Waals surface area contributed by atoms with Crippen molar-refractivity contribution < 1.29 is 4.79 Å². The average Bonchev–Trinajstić information content (AvgIpc) is 2.79. The fourth-order valence-electron chi connectivity index (χ4n) is 3.21. The predicted octanol–water partition coefficient (Wildman–Crippen LogP) is 1.50. The van der Waals surface area contributed by atoms with Gasteiger partial charge in [-0.05, 0) is 38.3 Å². The highest BCUT2D eigenvalue weighted by atomic mass is 16.2. The van der Waals surface area contributed by atoms with Crippen molar-refractivity contribution in [2.45, 2.75) is 39.3 Å². The Morgan fingerprint density at radius 1 is 1.35 bits per heavy atom. The molecule has 0 saturated carbocycles. The molecule has 0 aromatic carbocycles. The molecule has 1 aliphatic heterocycles. The number of amides is 1. The van der Waals surface area contributed by atoms with Crippen LogP contribution in [0.25, 0.3) is 0 Å². The second-order valence-electron chi connectivity index (χ2n) is 6.18. The summed E-state index contributed by atoms with van der Waals surface area (Å²) < 4.78 is 3.23. The minimum atomic E-state index is -0.122. The zero-order valence-corrected chi connectivity index (χ0v) is 13.9. The number of aryl methyl sites for hydroxylation is 1. The van der Waals surface area contributed by atoms with Crippen LogP contribution in [0.1, 0.15) is 40.4 Å². The van der Waals surface area contributed by atoms with E-state index in [-0.39, 0.29) is 11.6 Å². The molecule has 0 N–H and O–H groups in total. The van der Waals surface area contributed by atoms with Crippen LogP contribution in [0.5, 0.6) is 0 Å². The first-order valence-electron chi connectivity index (χ1n) is 7.95. The van der Waals surface area contributed by atoms with Crippen molar-refractivity contribution in [3.63, 3.8) is 0 Å². The molecule has 23 heavy (non-hydrogen) atoms. The second kappa shape index (κ2) is 6.02. The molecule has 0 aliphatic carbocycles. The highest BCUT2D eigenvalue weighted by Crippen LogP contribution is 2.19. The van der Waals surface area contributed by atoms with E-state index in [0.717, 1.165) is 36.3 Å². The normalized spacial score (nSPS) is 13.7. The Labute approximate surface area is 135 Å². The smallest absolute Gasteiger partial charge is 0.328 e. The van der Waals surface area contributed by atoms with E-state index in [1.807, 2.05) is 25.1 Å². The van der Waals surface area contributed by atoms with Gasteiger partial charge in [-0.1, -0.05) is 6.07 Å². The summed E-state index contributed by atoms with van der Waals surface area (Å²) in [4.78, 5) is 31.2. The Hall–Kier alpha value is -2.37. The average molecular weight is 314 g/mol. The summed E-state index contributed by atoms with van der Waals surface area (Å²) >= 11 is 0. The summed E-state index contributed by atoms with van der Waals surface area (Å²) in [7, 11) is 3.43. The number of fused-ring (bicyclic) bond motifs is 1. The second-order valence-corrected chi connectivity index (χ2v) is 6.18. The van der Waals surface area contributed by atoms with Crippen molar-refractivity contribution >= 4 is 5.91 Å². The summed E-state index contributed by atoms with van der Waals surface area (Å²) in [5.41, 5.74) is 3.07. The van der Waals surface area contributed by atoms with Gasteiger partial charge in [0, 0.05) is 26.3 Å². The summed E-state index contributed by atoms with van der Waals surface area (Å²) in [5, 5.41) is 0. The van der Waals surface area contributed by atoms with Crippen LogP contribution in [-0.4, -0.2) is 32.0 Å². The maximum absolute atomic E-state index is 12.9. The topological polar surface area (TPSA) is 60.1 Å². The van der Waals surface area contributed by atoms with E-state index in [9.17, 15) is 9.59 Å². The van der Waals surface area contributed by atoms with E-state index in [0.29, 0.717) is 18.8 Å². The molecule has 3 heterocycles. The highest BCUT2D eigenvalue weighted by molar-refractivity contribution is 5.93. The van der Waals surface area contributed by atoms with Crippen LogP contribution in [-0.2, 0) is 26.6 Å². The molecule has 0 bridgehead atoms. The molecule has 0 fully saturated rings. The van der Waals surface area contributed by atoms with Crippen molar-refractivity contribution in [3.05, 3.63) is 51.5 Å². The predicted molar refractivity (Wildman–Crippen MR) is 87.4 cm³/mol. The molecule has 3 rings (SSSR count). The third-order valence-electron chi connectivity index (χ3n) is 4.39. The van der Waals surface area contributed by atoms with Crippen molar-refractivity contribution in [1.29, 1.82) is 0 Å². The number of pyridine rings is 1. The van der Waals surface area contributed by atoms with E-state index >= 15 is 0 Å². The third-order valence-corrected chi connectivity index (χ3v) is 4.39. The maximum atomic E-state index is 12.9. The van der Waals surface area contributed by atoms with Gasteiger partial charge in [0.2, 0.25) is 0 Å². The molecule has 0 saturated heterocycles. The van der Waals surface area contributed by atoms with E-state index in [1.54, 1.807) is 23.6 Å². The van der Waals surface area contributed by atoms with Gasteiger partial charge in [-0.2, -0.15) is 0 Å². The van der Waals surface area contributed by atoms with Gasteiger partial charge in [-0.25, -0.2) is 4.79 Å². The number of imidazole rings is 1. The molecule has 2 aromatic heterocycles. The molecule has 0 spiro atoms. The molecule has 2 aromatic rings. The first kappa shape index (κ1) is 15.5. The summed E-state index contributed by atoms with van der Waals surface area (Å²) in [6.45, 7) is 3.07. The van der Waals surface area contributed by atoms with Crippen LogP contribution >= 0.6 is 0 Å². The van der Waals surface area contributed by atoms with Crippen LogP contribution in [0.15, 0.2) is 23.0 Å². The van der Waals surface area contributed by atoms with Gasteiger partial charge in [0.25, 0.3) is 5.91 Å². The standard InChI is InChI=1S/C17H22N4O2/c1-12-7-6-8-13(18-12)11-19(2)16(22)15-14-9-4-5-10-21(14)17(23)20(15)3/h6-8H,4-5,9-11H2,1-3H3. The van der Waals surface area contributed by atoms with Gasteiger partial charge in [-0.15, -0.1) is 0 Å². The molecule has 0 unspecified atom stereocenters. The number of nitrogens with zero attached hydrogens (tertiary/aromatic N) is 4. The van der Waals surface area contributed by atoms with E-state index in [2.05, 4.69) is 4.98 Å². The zero-order chi connectivity index (χ0) is 16.6. The van der Waals surface area contributed by atoms with E-state index in [1.165, 1.54) is 4.57 Å². The molecule has 122 valence electrons. The fraction of sp³-hybridized carbons (Fsp3) is 0.471. The number of carbonyl (C=O) groups excluding carboxylic acids is 1. The van der Waals surface area contributed by atoms with Crippen LogP contribution in [0.2, 0.25) is 0 Å². The van der Waals surface area contributed by atoms with Gasteiger partial charge in [-0.3, -0.25) is 18.9 Å². The molecule has 0 radical (unpaired) electrons. The molecule has 6 nitrogen and oxygen atoms in total. The van der Waals surface area contributed by atoms with Crippen LogP contribution < -0.4 is 5.69 Å². The lowest BCUT2D eigenvalue weighted by molar-refractivity contribution is 0.0772. The largest absolute Gasteiger partial charge is 0.334 e. The van der Waals surface area contributed by atoms with Crippen LogP contribution in [0.3, 0.4) is 0 Å². The fourth-order valence-corrected chi connectivity index (χ4v) is 3.21. The maximum Gasteiger partial charge on any atom is 0.328 e. The monoisotopic (exact) mass is 314 g/mol. The summed E-state index contributed by atoms with van der Waals surface area (Å²) in [6, 6.07) is 5.77. The van der Waals surface area contributed by atoms with Crippen LogP contribution in [0.4, 0.5) is 0 Å². The van der Waals surface area contributed by atoms with Gasteiger partial charge in [0.15, 0.2) is 0 Å². The first-order chi connectivity index (χ1) is 11.0. The lowest BCUT2D eigenvalue weighted by Crippen LogP contribution is -2.30. The Bertz CT molecular complexity index is 803. The Balaban J connectivity index is 1.90. The Morgan fingerprint density at radius 2 is 2.13 bits per heavy atom. The lowest BCUT2D eigenvalue weighted by atomic mass is 10.1. The van der Waals surface area contributed by atoms with Crippen LogP contribution in [0, 0.1) is 6.92 Å². The van der Waals surface area contributed by atoms with E-state index < -0.39 is 0 Å². The van der Waals surface area contributed by atoms with Gasteiger partial charge >= 0.3 is 5.69 Å². The molecular weight excluding hydrogens is 292 g/mol. The third kappa shape index (κ3) is 2.81. The van der Waals surface area contributed by atoms with Crippen molar-refractivity contribution in [1.82, 2.24) is 19.0 Å². The lowest BCUT2D eigenvalue weighted by Gasteiger charge is -2.19. The summed E-state index contributed by atoms with van der Waals surface area (Å²) in [6.07, 6.45) is 2.80. The molecule has 1 amide bonds. The quantitative estimate of drug-likeness (QED) is 0.862. The number of carbonyl (C=O) groups is 1. The van der Waals surface area contributed by atoms with Crippen molar-refractivity contribution in [2.75, 3.05) is 7.05 Å². The highest BCUT2D eigenvalue weighted by Gasteiger charge is 2.27.